The van der Waals surface area contributed by atoms with E-state index < -0.39 is 11.2 Å². The highest BCUT2D eigenvalue weighted by molar-refractivity contribution is 9.10. The van der Waals surface area contributed by atoms with E-state index >= 15 is 0 Å². The Balaban J connectivity index is 1.49. The summed E-state index contributed by atoms with van der Waals surface area (Å²) in [6.07, 6.45) is 2.28. The van der Waals surface area contributed by atoms with Crippen LogP contribution >= 0.6 is 27.5 Å². The molecular formula is C28H22BrClO. The number of halogens is 2. The number of alkyl halides is 2. The molecule has 0 spiro atoms. The van der Waals surface area contributed by atoms with Gasteiger partial charge in [-0.25, -0.2) is 0 Å². The van der Waals surface area contributed by atoms with Crippen LogP contribution in [0.15, 0.2) is 84.9 Å². The first-order valence-electron chi connectivity index (χ1n) is 11.4. The molecule has 8 atom stereocenters. The van der Waals surface area contributed by atoms with E-state index in [0.717, 1.165) is 6.42 Å². The van der Waals surface area contributed by atoms with Crippen molar-refractivity contribution in [3.63, 3.8) is 0 Å². The number of hydrogen-bond acceptors (Lipinski definition) is 1. The lowest BCUT2D eigenvalue weighted by atomic mass is 9.56. The van der Waals surface area contributed by atoms with Crippen LogP contribution in [0.25, 0.3) is 0 Å². The number of ether oxygens (including phenoxy) is 1. The van der Waals surface area contributed by atoms with Crippen molar-refractivity contribution < 1.29 is 4.74 Å². The Kier molecular flexibility index (Phi) is 3.06. The molecular weight excluding hydrogens is 468 g/mol. The smallest absolute Gasteiger partial charge is 0.124 e. The minimum Gasteiger partial charge on any atom is -0.349 e. The summed E-state index contributed by atoms with van der Waals surface area (Å²) in [4.78, 5) is -0.124. The molecule has 1 nitrogen and oxygen atoms in total. The maximum Gasteiger partial charge on any atom is 0.124 e. The van der Waals surface area contributed by atoms with E-state index in [4.69, 9.17) is 16.3 Å². The van der Waals surface area contributed by atoms with Crippen molar-refractivity contribution in [1.29, 1.82) is 0 Å². The predicted molar refractivity (Wildman–Crippen MR) is 125 cm³/mol. The van der Waals surface area contributed by atoms with Gasteiger partial charge in [0.25, 0.3) is 0 Å². The molecule has 0 radical (unpaired) electrons. The van der Waals surface area contributed by atoms with Crippen molar-refractivity contribution >= 4 is 27.5 Å². The average molecular weight is 490 g/mol. The molecule has 8 rings (SSSR count). The highest BCUT2D eigenvalue weighted by Crippen LogP contribution is 2.88. The van der Waals surface area contributed by atoms with Gasteiger partial charge >= 0.3 is 0 Å². The van der Waals surface area contributed by atoms with Gasteiger partial charge < -0.3 is 4.74 Å². The molecule has 3 heteroatoms. The van der Waals surface area contributed by atoms with Gasteiger partial charge in [0.2, 0.25) is 0 Å². The molecule has 2 heterocycles. The molecule has 0 aromatic heterocycles. The summed E-state index contributed by atoms with van der Waals surface area (Å²) in [6.45, 7) is 0. The Hall–Kier alpha value is -1.61. The van der Waals surface area contributed by atoms with Gasteiger partial charge in [-0.1, -0.05) is 101 Å². The highest BCUT2D eigenvalue weighted by Gasteiger charge is 2.90. The number of hydrogen-bond donors (Lipinski definition) is 0. The third-order valence-electron chi connectivity index (χ3n) is 9.41. The van der Waals surface area contributed by atoms with Crippen LogP contribution in [0.5, 0.6) is 0 Å². The summed E-state index contributed by atoms with van der Waals surface area (Å²) in [6, 6.07) is 30.9. The Labute approximate surface area is 195 Å². The molecule has 3 saturated carbocycles. The summed E-state index contributed by atoms with van der Waals surface area (Å²) < 4.78 is 7.58. The average Bonchev–Trinajstić information content (AvgIpc) is 3.21. The van der Waals surface area contributed by atoms with E-state index in [-0.39, 0.29) is 9.20 Å². The molecule has 5 aliphatic rings. The second-order valence-electron chi connectivity index (χ2n) is 10.3. The molecule has 0 N–H and O–H groups in total. The predicted octanol–water partition coefficient (Wildman–Crippen LogP) is 6.61. The van der Waals surface area contributed by atoms with Crippen LogP contribution < -0.4 is 0 Å². The lowest BCUT2D eigenvalue weighted by Gasteiger charge is -2.45. The number of benzene rings is 3. The first-order chi connectivity index (χ1) is 15.1. The Bertz CT molecular complexity index is 1150. The van der Waals surface area contributed by atoms with E-state index in [1.165, 1.54) is 28.7 Å². The molecule has 2 unspecified atom stereocenters. The minimum atomic E-state index is -0.434. The third kappa shape index (κ3) is 1.68. The fourth-order valence-electron chi connectivity index (χ4n) is 8.47. The Morgan fingerprint density at radius 3 is 1.74 bits per heavy atom. The van der Waals surface area contributed by atoms with Crippen molar-refractivity contribution in [2.24, 2.45) is 23.7 Å². The van der Waals surface area contributed by atoms with Crippen LogP contribution in [0.3, 0.4) is 0 Å². The molecule has 4 fully saturated rings. The van der Waals surface area contributed by atoms with Gasteiger partial charge in [0, 0.05) is 11.8 Å². The summed E-state index contributed by atoms with van der Waals surface area (Å²) in [5, 5.41) is 0. The molecule has 0 amide bonds. The van der Waals surface area contributed by atoms with Crippen molar-refractivity contribution in [3.05, 3.63) is 107 Å². The molecule has 3 aliphatic carbocycles. The molecule has 154 valence electrons. The first kappa shape index (κ1) is 17.9. The third-order valence-corrected chi connectivity index (χ3v) is 12.0. The van der Waals surface area contributed by atoms with Crippen LogP contribution in [0, 0.1) is 23.7 Å². The van der Waals surface area contributed by atoms with Crippen LogP contribution in [0.2, 0.25) is 0 Å². The standard InChI is InChI=1S/C28H22BrClO/c29-25-16-26(25,30)22-15-21(25)23-24(22)28(18-11-5-2-6-12-18)20-14-8-7-13-19(20)27(23,31-28)17-9-3-1-4-10-17/h1-14,21-24H,15-16H2/t21-,22+,23?,24?,25-,26+,27-,28+/m0/s1. The number of rotatable bonds is 2. The van der Waals surface area contributed by atoms with E-state index in [2.05, 4.69) is 101 Å². The van der Waals surface area contributed by atoms with E-state index in [0.29, 0.717) is 23.7 Å². The molecule has 3 aromatic rings. The molecule has 2 aliphatic heterocycles. The quantitative estimate of drug-likeness (QED) is 0.368. The largest absolute Gasteiger partial charge is 0.349 e. The zero-order valence-corrected chi connectivity index (χ0v) is 19.3. The van der Waals surface area contributed by atoms with Crippen LogP contribution in [-0.4, -0.2) is 9.20 Å². The van der Waals surface area contributed by atoms with E-state index in [9.17, 15) is 0 Å². The monoisotopic (exact) mass is 488 g/mol. The molecule has 4 bridgehead atoms. The van der Waals surface area contributed by atoms with Gasteiger partial charge in [0.1, 0.15) is 11.2 Å². The molecule has 31 heavy (non-hydrogen) atoms. The van der Waals surface area contributed by atoms with Crippen LogP contribution in [0.4, 0.5) is 0 Å². The van der Waals surface area contributed by atoms with Gasteiger partial charge in [-0.3, -0.25) is 0 Å². The highest BCUT2D eigenvalue weighted by atomic mass is 79.9. The summed E-state index contributed by atoms with van der Waals surface area (Å²) in [5.41, 5.74) is 4.42. The van der Waals surface area contributed by atoms with Gasteiger partial charge in [0.15, 0.2) is 0 Å². The van der Waals surface area contributed by atoms with Crippen molar-refractivity contribution in [2.45, 2.75) is 33.2 Å². The first-order valence-corrected chi connectivity index (χ1v) is 12.5. The zero-order valence-electron chi connectivity index (χ0n) is 17.0. The minimum absolute atomic E-state index is 0.0653. The fourth-order valence-corrected chi connectivity index (χ4v) is 10.4. The molecule has 1 saturated heterocycles. The van der Waals surface area contributed by atoms with Crippen molar-refractivity contribution in [2.75, 3.05) is 0 Å². The topological polar surface area (TPSA) is 9.23 Å². The van der Waals surface area contributed by atoms with Crippen molar-refractivity contribution in [1.82, 2.24) is 0 Å². The Morgan fingerprint density at radius 2 is 1.19 bits per heavy atom. The van der Waals surface area contributed by atoms with Gasteiger partial charge in [-0.05, 0) is 46.9 Å². The zero-order chi connectivity index (χ0) is 20.6. The van der Waals surface area contributed by atoms with E-state index in [1.54, 1.807) is 0 Å². The second-order valence-corrected chi connectivity index (χ2v) is 12.3. The fraction of sp³-hybridized carbons (Fsp3) is 0.357. The van der Waals surface area contributed by atoms with Crippen LogP contribution in [0.1, 0.15) is 35.1 Å². The summed E-state index contributed by atoms with van der Waals surface area (Å²) in [7, 11) is 0. The SMILES string of the molecule is Cl[C@@]12C[C@]1(Br)[C@H]1C[C@@H]2C2C1[C@@]1(c3ccccc3)O[C@]2(c2ccccc2)c2ccccc21. The van der Waals surface area contributed by atoms with Crippen molar-refractivity contribution in [3.8, 4) is 0 Å². The van der Waals surface area contributed by atoms with Gasteiger partial charge in [-0.15, -0.1) is 11.6 Å². The normalized spacial score (nSPS) is 47.2. The lowest BCUT2D eigenvalue weighted by Crippen LogP contribution is -2.49. The summed E-state index contributed by atoms with van der Waals surface area (Å²) >= 11 is 11.5. The number of fused-ring (bicyclic) bond motifs is 15. The maximum atomic E-state index is 7.52. The van der Waals surface area contributed by atoms with Gasteiger partial charge in [-0.2, -0.15) is 0 Å². The Morgan fingerprint density at radius 1 is 0.710 bits per heavy atom. The van der Waals surface area contributed by atoms with Crippen LogP contribution in [-0.2, 0) is 15.9 Å². The second kappa shape index (κ2) is 5.30. The molecule has 3 aromatic carbocycles. The summed E-state index contributed by atoms with van der Waals surface area (Å²) in [5.74, 6) is 1.80. The maximum absolute atomic E-state index is 7.52. The van der Waals surface area contributed by atoms with Gasteiger partial charge in [0.05, 0.1) is 9.20 Å². The lowest BCUT2D eigenvalue weighted by molar-refractivity contribution is -0.0691. The van der Waals surface area contributed by atoms with E-state index in [1.807, 2.05) is 0 Å².